The van der Waals surface area contributed by atoms with Crippen LogP contribution in [0.15, 0.2) is 199 Å². The van der Waals surface area contributed by atoms with E-state index in [1.165, 1.54) is 42.5 Å². The van der Waals surface area contributed by atoms with E-state index in [1.54, 1.807) is 48.9 Å². The minimum Gasteiger partial charge on any atom is -0.456 e. The monoisotopic (exact) mass is 923 g/mol. The number of rotatable bonds is 12. The molecule has 0 aliphatic heterocycles. The first-order chi connectivity index (χ1) is 36.6. The lowest BCUT2D eigenvalue weighted by molar-refractivity contribution is 0.627. The van der Waals surface area contributed by atoms with Gasteiger partial charge in [0.2, 0.25) is 0 Å². The number of fused-ring (bicyclic) bond motifs is 3. The minimum absolute atomic E-state index is 0.124. The van der Waals surface area contributed by atoms with Crippen molar-refractivity contribution in [1.29, 1.82) is 0 Å². The van der Waals surface area contributed by atoms with Crippen molar-refractivity contribution in [3.63, 3.8) is 0 Å². The van der Waals surface area contributed by atoms with Gasteiger partial charge in [-0.05, 0) is 186 Å². The predicted molar refractivity (Wildman–Crippen MR) is 277 cm³/mol. The molecular formula is C63H46F3N3O. The van der Waals surface area contributed by atoms with Crippen molar-refractivity contribution >= 4 is 21.9 Å². The number of para-hydroxylation sites is 1. The molecule has 4 heterocycles. The van der Waals surface area contributed by atoms with Crippen molar-refractivity contribution in [2.75, 3.05) is 0 Å². The molecule has 11 rings (SSSR count). The highest BCUT2D eigenvalue weighted by atomic mass is 19.1. The summed E-state index contributed by atoms with van der Waals surface area (Å²) < 4.78 is 102. The lowest BCUT2D eigenvalue weighted by atomic mass is 9.87. The summed E-state index contributed by atoms with van der Waals surface area (Å²) in [6, 6.07) is 51.1. The average Bonchev–Trinajstić information content (AvgIpc) is 3.82. The molecule has 0 bridgehead atoms. The lowest BCUT2D eigenvalue weighted by Gasteiger charge is -2.18. The summed E-state index contributed by atoms with van der Waals surface area (Å²) in [6.07, 6.45) is 6.11. The Labute approximate surface area is 413 Å². The molecule has 11 aromatic rings. The van der Waals surface area contributed by atoms with Crippen LogP contribution in [-0.2, 0) is 25.7 Å². The van der Waals surface area contributed by atoms with E-state index >= 15 is 4.39 Å². The Morgan fingerprint density at radius 2 is 0.971 bits per heavy atom. The summed E-state index contributed by atoms with van der Waals surface area (Å²) in [4.78, 5) is 14.2. The Morgan fingerprint density at radius 1 is 0.414 bits per heavy atom. The standard InChI is InChI=1S/C63H46F3N3O/c1-39-29-58(44-19-24-50(64)25-20-44)67-36-47(39)17-15-41-31-42(16-18-48-37-68-59(30-40(48)2)45-21-26-51(65)27-22-45)33-49(32-41)52-12-8-13-57(66)63(52)56-38-69-60(43-9-4-3-5-10-43)35-55(56)46-23-28-54-53-11-6-7-14-61(53)70-62(54)34-46/h3-14,19-38H,15-18H2,1-2H3/i1D3,2D3. The Morgan fingerprint density at radius 3 is 1.61 bits per heavy atom. The number of pyridine rings is 3. The van der Waals surface area contributed by atoms with Crippen molar-refractivity contribution in [2.24, 2.45) is 0 Å². The molecule has 0 aliphatic rings. The number of furan rings is 1. The molecule has 0 N–H and O–H groups in total. The predicted octanol–water partition coefficient (Wildman–Crippen LogP) is 16.4. The molecule has 0 saturated carbocycles. The van der Waals surface area contributed by atoms with Crippen LogP contribution in [0.4, 0.5) is 13.2 Å². The van der Waals surface area contributed by atoms with Gasteiger partial charge in [0.25, 0.3) is 0 Å². The molecule has 0 radical (unpaired) electrons. The first-order valence-electron chi connectivity index (χ1n) is 26.0. The van der Waals surface area contributed by atoms with E-state index in [1.807, 2.05) is 103 Å². The number of benzene rings is 7. The normalized spacial score (nSPS) is 13.1. The molecule has 340 valence electrons. The van der Waals surface area contributed by atoms with Crippen molar-refractivity contribution in [3.8, 4) is 67.2 Å². The summed E-state index contributed by atoms with van der Waals surface area (Å²) in [7, 11) is 0. The number of aromatic nitrogens is 3. The maximum atomic E-state index is 17.1. The van der Waals surface area contributed by atoms with Gasteiger partial charge in [-0.3, -0.25) is 15.0 Å². The van der Waals surface area contributed by atoms with Crippen LogP contribution in [-0.4, -0.2) is 15.0 Å². The fourth-order valence-electron chi connectivity index (χ4n) is 9.28. The van der Waals surface area contributed by atoms with Gasteiger partial charge >= 0.3 is 0 Å². The largest absolute Gasteiger partial charge is 0.456 e. The van der Waals surface area contributed by atoms with Crippen molar-refractivity contribution in [3.05, 3.63) is 245 Å². The molecule has 0 aliphatic carbocycles. The molecule has 4 aromatic heterocycles. The van der Waals surface area contributed by atoms with Crippen LogP contribution in [0, 0.1) is 31.2 Å². The topological polar surface area (TPSA) is 51.8 Å². The zero-order chi connectivity index (χ0) is 52.7. The fraction of sp³-hybridized carbons (Fsp3) is 0.0952. The highest BCUT2D eigenvalue weighted by molar-refractivity contribution is 6.06. The molecule has 70 heavy (non-hydrogen) atoms. The molecule has 0 atom stereocenters. The first kappa shape index (κ1) is 37.5. The van der Waals surface area contributed by atoms with Gasteiger partial charge in [0, 0.05) is 65.4 Å². The zero-order valence-corrected chi connectivity index (χ0v) is 37.7. The van der Waals surface area contributed by atoms with Crippen LogP contribution in [0.25, 0.3) is 89.1 Å². The molecule has 0 saturated heterocycles. The van der Waals surface area contributed by atoms with E-state index in [0.717, 1.165) is 44.2 Å². The molecule has 7 heteroatoms. The molecule has 0 unspecified atom stereocenters. The van der Waals surface area contributed by atoms with Crippen LogP contribution in [0.1, 0.15) is 41.6 Å². The van der Waals surface area contributed by atoms with Crippen LogP contribution in [0.2, 0.25) is 0 Å². The summed E-state index contributed by atoms with van der Waals surface area (Å²) in [5, 5.41) is 1.93. The summed E-state index contributed by atoms with van der Waals surface area (Å²) in [5.41, 5.74) is 11.5. The summed E-state index contributed by atoms with van der Waals surface area (Å²) in [5.74, 6) is -1.32. The third kappa shape index (κ3) is 9.02. The van der Waals surface area contributed by atoms with Gasteiger partial charge in [-0.1, -0.05) is 84.9 Å². The van der Waals surface area contributed by atoms with E-state index in [2.05, 4.69) is 9.97 Å². The minimum atomic E-state index is -2.49. The van der Waals surface area contributed by atoms with E-state index in [0.29, 0.717) is 80.0 Å². The van der Waals surface area contributed by atoms with Crippen LogP contribution < -0.4 is 0 Å². The number of hydrogen-bond donors (Lipinski definition) is 0. The Hall–Kier alpha value is -8.42. The molecule has 7 aromatic carbocycles. The van der Waals surface area contributed by atoms with E-state index in [-0.39, 0.29) is 24.0 Å². The molecule has 0 amide bonds. The third-order valence-electron chi connectivity index (χ3n) is 12.9. The second kappa shape index (κ2) is 18.9. The molecule has 0 spiro atoms. The number of nitrogens with zero attached hydrogens (tertiary/aromatic N) is 3. The molecule has 4 nitrogen and oxygen atoms in total. The summed E-state index contributed by atoms with van der Waals surface area (Å²) >= 11 is 0. The van der Waals surface area contributed by atoms with Crippen LogP contribution in [0.3, 0.4) is 0 Å². The maximum absolute atomic E-state index is 17.1. The van der Waals surface area contributed by atoms with Gasteiger partial charge < -0.3 is 4.42 Å². The molecular weight excluding hydrogens is 872 g/mol. The van der Waals surface area contributed by atoms with Crippen LogP contribution in [0.5, 0.6) is 0 Å². The summed E-state index contributed by atoms with van der Waals surface area (Å²) in [6.45, 7) is -4.98. The maximum Gasteiger partial charge on any atom is 0.136 e. The van der Waals surface area contributed by atoms with Gasteiger partial charge in [0.05, 0.1) is 17.1 Å². The highest BCUT2D eigenvalue weighted by Crippen LogP contribution is 2.43. The van der Waals surface area contributed by atoms with E-state index in [9.17, 15) is 8.78 Å². The quantitative estimate of drug-likeness (QED) is 0.122. The second-order valence-electron chi connectivity index (χ2n) is 17.5. The van der Waals surface area contributed by atoms with E-state index < -0.39 is 31.2 Å². The first-order valence-corrected chi connectivity index (χ1v) is 23.0. The van der Waals surface area contributed by atoms with E-state index in [4.69, 9.17) is 17.6 Å². The fourth-order valence-corrected chi connectivity index (χ4v) is 9.28. The SMILES string of the molecule is [2H]C([2H])([2H])c1cc(-c2ccc(F)cc2)ncc1CCc1cc(CCc2cnc(-c3ccc(F)cc3)cc2C([2H])([2H])[2H])cc(-c2cccc(F)c2-c2cnc(-c3ccccc3)cc2-c2ccc3c(c2)oc2ccccc23)c1. The van der Waals surface area contributed by atoms with Gasteiger partial charge in [0.15, 0.2) is 0 Å². The number of halogens is 3. The Bertz CT molecular complexity index is 3820. The second-order valence-corrected chi connectivity index (χ2v) is 17.5. The van der Waals surface area contributed by atoms with Gasteiger partial charge in [-0.25, -0.2) is 13.2 Å². The molecule has 0 fully saturated rings. The van der Waals surface area contributed by atoms with Crippen molar-refractivity contribution in [1.82, 2.24) is 15.0 Å². The lowest BCUT2D eigenvalue weighted by Crippen LogP contribution is -2.01. The Balaban J connectivity index is 1.03. The zero-order valence-electron chi connectivity index (χ0n) is 43.7. The van der Waals surface area contributed by atoms with Gasteiger partial charge in [-0.2, -0.15) is 0 Å². The average molecular weight is 924 g/mol. The van der Waals surface area contributed by atoms with Gasteiger partial charge in [-0.15, -0.1) is 0 Å². The van der Waals surface area contributed by atoms with Crippen molar-refractivity contribution < 1.29 is 25.8 Å². The highest BCUT2D eigenvalue weighted by Gasteiger charge is 2.21. The number of aryl methyl sites for hydroxylation is 6. The van der Waals surface area contributed by atoms with Crippen LogP contribution >= 0.6 is 0 Å². The smallest absolute Gasteiger partial charge is 0.136 e. The Kier molecular flexibility index (Phi) is 10.2. The number of hydrogen-bond acceptors (Lipinski definition) is 4. The third-order valence-corrected chi connectivity index (χ3v) is 12.9. The van der Waals surface area contributed by atoms with Crippen molar-refractivity contribution in [2.45, 2.75) is 39.4 Å². The van der Waals surface area contributed by atoms with Gasteiger partial charge in [0.1, 0.15) is 28.6 Å².